The van der Waals surface area contributed by atoms with Gasteiger partial charge < -0.3 is 15.2 Å². The number of carbonyl (C=O) groups excluding carboxylic acids is 1. The Morgan fingerprint density at radius 1 is 1.67 bits per heavy atom. The molecule has 0 radical (unpaired) electrons. The normalized spacial score (nSPS) is 19.0. The second-order valence-electron chi connectivity index (χ2n) is 4.38. The molecule has 1 aliphatic rings. The van der Waals surface area contributed by atoms with Crippen molar-refractivity contribution in [3.63, 3.8) is 0 Å². The van der Waals surface area contributed by atoms with Crippen LogP contribution in [0.15, 0.2) is 12.1 Å². The summed E-state index contributed by atoms with van der Waals surface area (Å²) in [5, 5.41) is 0. The Morgan fingerprint density at radius 2 is 2.39 bits per heavy atom. The fourth-order valence-corrected chi connectivity index (χ4v) is 2.00. The zero-order valence-electron chi connectivity index (χ0n) is 10.4. The monoisotopic (exact) mass is 253 g/mol. The quantitative estimate of drug-likeness (QED) is 0.832. The summed E-state index contributed by atoms with van der Waals surface area (Å²) in [6.45, 7) is 3.75. The molecule has 18 heavy (non-hydrogen) atoms. The summed E-state index contributed by atoms with van der Waals surface area (Å²) >= 11 is 0. The first kappa shape index (κ1) is 12.8. The van der Waals surface area contributed by atoms with Gasteiger partial charge in [-0.25, -0.2) is 9.18 Å². The van der Waals surface area contributed by atoms with Gasteiger partial charge in [0.25, 0.3) is 0 Å². The molecule has 2 atom stereocenters. The molecule has 1 aliphatic heterocycles. The van der Waals surface area contributed by atoms with Crippen molar-refractivity contribution >= 4 is 5.97 Å². The van der Waals surface area contributed by atoms with Gasteiger partial charge in [-0.15, -0.1) is 0 Å². The van der Waals surface area contributed by atoms with Crippen molar-refractivity contribution in [3.05, 3.63) is 29.1 Å². The number of halogens is 1. The van der Waals surface area contributed by atoms with Crippen molar-refractivity contribution in [2.75, 3.05) is 6.61 Å². The van der Waals surface area contributed by atoms with E-state index in [0.717, 1.165) is 6.07 Å². The number of hydrogen-bond donors (Lipinski definition) is 1. The number of esters is 1. The van der Waals surface area contributed by atoms with Crippen molar-refractivity contribution in [2.24, 2.45) is 5.73 Å². The van der Waals surface area contributed by atoms with Crippen LogP contribution in [0.25, 0.3) is 0 Å². The lowest BCUT2D eigenvalue weighted by molar-refractivity contribution is 0.0519. The largest absolute Gasteiger partial charge is 0.487 e. The number of ether oxygens (including phenoxy) is 2. The van der Waals surface area contributed by atoms with E-state index < -0.39 is 11.8 Å². The molecule has 0 saturated heterocycles. The van der Waals surface area contributed by atoms with Gasteiger partial charge >= 0.3 is 5.97 Å². The predicted octanol–water partition coefficient (Wildman–Crippen LogP) is 1.65. The van der Waals surface area contributed by atoms with E-state index >= 15 is 0 Å². The second kappa shape index (κ2) is 4.94. The highest BCUT2D eigenvalue weighted by molar-refractivity contribution is 5.93. The molecule has 0 aromatic heterocycles. The number of carbonyl (C=O) groups is 1. The fourth-order valence-electron chi connectivity index (χ4n) is 2.00. The fraction of sp³-hybridized carbons (Fsp3) is 0.462. The van der Waals surface area contributed by atoms with Crippen LogP contribution in [0.5, 0.6) is 5.75 Å². The summed E-state index contributed by atoms with van der Waals surface area (Å²) < 4.78 is 24.0. The second-order valence-corrected chi connectivity index (χ2v) is 4.38. The molecule has 2 N–H and O–H groups in total. The first-order chi connectivity index (χ1) is 8.52. The third-order valence-electron chi connectivity index (χ3n) is 2.90. The predicted molar refractivity (Wildman–Crippen MR) is 64.1 cm³/mol. The van der Waals surface area contributed by atoms with Crippen molar-refractivity contribution in [2.45, 2.75) is 32.4 Å². The maximum absolute atomic E-state index is 13.5. The molecule has 0 aliphatic carbocycles. The van der Waals surface area contributed by atoms with E-state index in [-0.39, 0.29) is 24.3 Å². The molecule has 0 amide bonds. The Balaban J connectivity index is 2.37. The van der Waals surface area contributed by atoms with E-state index in [2.05, 4.69) is 0 Å². The van der Waals surface area contributed by atoms with Crippen LogP contribution in [0.2, 0.25) is 0 Å². The van der Waals surface area contributed by atoms with Gasteiger partial charge in [-0.3, -0.25) is 0 Å². The average Bonchev–Trinajstić information content (AvgIpc) is 2.71. The minimum absolute atomic E-state index is 0.134. The van der Waals surface area contributed by atoms with Gasteiger partial charge in [0.1, 0.15) is 23.2 Å². The molecule has 5 heteroatoms. The number of hydrogen-bond acceptors (Lipinski definition) is 4. The van der Waals surface area contributed by atoms with E-state index in [1.54, 1.807) is 6.92 Å². The molecule has 0 saturated carbocycles. The molecular weight excluding hydrogens is 237 g/mol. The summed E-state index contributed by atoms with van der Waals surface area (Å²) in [6, 6.07) is 2.33. The van der Waals surface area contributed by atoms with E-state index in [1.807, 2.05) is 6.92 Å². The zero-order valence-corrected chi connectivity index (χ0v) is 10.4. The van der Waals surface area contributed by atoms with Gasteiger partial charge in [0.05, 0.1) is 6.61 Å². The highest BCUT2D eigenvalue weighted by atomic mass is 19.1. The summed E-state index contributed by atoms with van der Waals surface area (Å²) in [5.74, 6) is -0.638. The lowest BCUT2D eigenvalue weighted by atomic mass is 10.0. The summed E-state index contributed by atoms with van der Waals surface area (Å²) in [6.07, 6.45) is 0.284. The van der Waals surface area contributed by atoms with Gasteiger partial charge in [-0.05, 0) is 26.0 Å². The molecule has 2 rings (SSSR count). The average molecular weight is 253 g/mol. The van der Waals surface area contributed by atoms with Crippen molar-refractivity contribution < 1.29 is 18.7 Å². The standard InChI is InChI=1S/C13H16FNO3/c1-3-17-13(16)10-6-9(14)4-8-5-11(7(2)15)18-12(8)10/h4,6-7,11H,3,5,15H2,1-2H3. The lowest BCUT2D eigenvalue weighted by Gasteiger charge is -2.15. The molecule has 0 fully saturated rings. The Morgan fingerprint density at radius 3 is 3.00 bits per heavy atom. The molecule has 1 aromatic rings. The minimum atomic E-state index is -0.571. The Bertz CT molecular complexity index is 474. The van der Waals surface area contributed by atoms with Gasteiger partial charge in [0.2, 0.25) is 0 Å². The molecule has 0 spiro atoms. The lowest BCUT2D eigenvalue weighted by Crippen LogP contribution is -2.35. The van der Waals surface area contributed by atoms with E-state index in [1.165, 1.54) is 6.07 Å². The Kier molecular flexibility index (Phi) is 3.52. The Hall–Kier alpha value is -1.62. The van der Waals surface area contributed by atoms with Crippen LogP contribution < -0.4 is 10.5 Å². The smallest absolute Gasteiger partial charge is 0.342 e. The highest BCUT2D eigenvalue weighted by Crippen LogP contribution is 2.34. The topological polar surface area (TPSA) is 61.5 Å². The van der Waals surface area contributed by atoms with Crippen LogP contribution in [0.1, 0.15) is 29.8 Å². The summed E-state index contributed by atoms with van der Waals surface area (Å²) in [4.78, 5) is 11.7. The van der Waals surface area contributed by atoms with Crippen LogP contribution in [0, 0.1) is 5.82 Å². The summed E-state index contributed by atoms with van der Waals surface area (Å²) in [5.41, 5.74) is 6.57. The van der Waals surface area contributed by atoms with Gasteiger partial charge in [0.15, 0.2) is 0 Å². The van der Waals surface area contributed by atoms with E-state index in [9.17, 15) is 9.18 Å². The molecule has 1 aromatic carbocycles. The molecule has 4 nitrogen and oxygen atoms in total. The third kappa shape index (κ3) is 2.31. The van der Waals surface area contributed by atoms with Crippen molar-refractivity contribution in [1.29, 1.82) is 0 Å². The molecule has 98 valence electrons. The SMILES string of the molecule is CCOC(=O)c1cc(F)cc2c1OC(C(C)N)C2. The van der Waals surface area contributed by atoms with Crippen LogP contribution in [-0.4, -0.2) is 24.7 Å². The molecule has 0 bridgehead atoms. The van der Waals surface area contributed by atoms with Gasteiger partial charge in [-0.1, -0.05) is 0 Å². The van der Waals surface area contributed by atoms with E-state index in [4.69, 9.17) is 15.2 Å². The first-order valence-electron chi connectivity index (χ1n) is 5.94. The summed E-state index contributed by atoms with van der Waals surface area (Å²) in [7, 11) is 0. The van der Waals surface area contributed by atoms with Crippen LogP contribution >= 0.6 is 0 Å². The maximum Gasteiger partial charge on any atom is 0.342 e. The molecular formula is C13H16FNO3. The first-order valence-corrected chi connectivity index (χ1v) is 5.94. The van der Waals surface area contributed by atoms with Crippen molar-refractivity contribution in [3.8, 4) is 5.75 Å². The third-order valence-corrected chi connectivity index (χ3v) is 2.90. The van der Waals surface area contributed by atoms with Crippen LogP contribution in [0.3, 0.4) is 0 Å². The van der Waals surface area contributed by atoms with Crippen LogP contribution in [0.4, 0.5) is 4.39 Å². The number of rotatable bonds is 3. The molecule has 1 heterocycles. The Labute approximate surface area is 105 Å². The van der Waals surface area contributed by atoms with E-state index in [0.29, 0.717) is 17.7 Å². The number of benzene rings is 1. The molecule has 2 unspecified atom stereocenters. The minimum Gasteiger partial charge on any atom is -0.487 e. The number of fused-ring (bicyclic) bond motifs is 1. The van der Waals surface area contributed by atoms with Crippen molar-refractivity contribution in [1.82, 2.24) is 0 Å². The van der Waals surface area contributed by atoms with Gasteiger partial charge in [0, 0.05) is 18.0 Å². The van der Waals surface area contributed by atoms with Gasteiger partial charge in [-0.2, -0.15) is 0 Å². The van der Waals surface area contributed by atoms with Crippen LogP contribution in [-0.2, 0) is 11.2 Å². The maximum atomic E-state index is 13.5. The zero-order chi connectivity index (χ0) is 13.3. The number of nitrogens with two attached hydrogens (primary N) is 1. The highest BCUT2D eigenvalue weighted by Gasteiger charge is 2.31.